The summed E-state index contributed by atoms with van der Waals surface area (Å²) in [5.41, 5.74) is 1.04. The summed E-state index contributed by atoms with van der Waals surface area (Å²) >= 11 is 0. The summed E-state index contributed by atoms with van der Waals surface area (Å²) in [6, 6.07) is 14.4. The maximum Gasteiger partial charge on any atom is 0.306 e. The molecule has 2 aromatic carbocycles. The van der Waals surface area contributed by atoms with Crippen LogP contribution in [-0.2, 0) is 9.53 Å². The molecule has 19 heavy (non-hydrogen) atoms. The Morgan fingerprint density at radius 3 is 2.63 bits per heavy atom. The zero-order valence-corrected chi connectivity index (χ0v) is 11.6. The van der Waals surface area contributed by atoms with Gasteiger partial charge in [0.25, 0.3) is 0 Å². The van der Waals surface area contributed by atoms with Crippen LogP contribution in [0.4, 0.5) is 0 Å². The van der Waals surface area contributed by atoms with Crippen molar-refractivity contribution in [1.82, 2.24) is 0 Å². The topological polar surface area (TPSA) is 26.3 Å². The predicted molar refractivity (Wildman–Crippen MR) is 78.0 cm³/mol. The van der Waals surface area contributed by atoms with Crippen LogP contribution in [0.2, 0.25) is 0 Å². The molecule has 0 aromatic heterocycles. The Morgan fingerprint density at radius 2 is 1.89 bits per heavy atom. The van der Waals surface area contributed by atoms with Crippen LogP contribution in [0.15, 0.2) is 42.5 Å². The molecular formula is C17H20O2. The summed E-state index contributed by atoms with van der Waals surface area (Å²) in [6.45, 7) is 3.99. The first-order valence-corrected chi connectivity index (χ1v) is 6.89. The van der Waals surface area contributed by atoms with Crippen molar-refractivity contribution in [2.24, 2.45) is 0 Å². The summed E-state index contributed by atoms with van der Waals surface area (Å²) in [7, 11) is 0. The van der Waals surface area contributed by atoms with Gasteiger partial charge in [-0.25, -0.2) is 0 Å². The summed E-state index contributed by atoms with van der Waals surface area (Å²) < 4.78 is 5.45. The second kappa shape index (κ2) is 6.37. The third kappa shape index (κ3) is 3.57. The van der Waals surface area contributed by atoms with Gasteiger partial charge in [0, 0.05) is 6.42 Å². The number of rotatable bonds is 5. The third-order valence-corrected chi connectivity index (χ3v) is 3.29. The molecule has 0 bridgehead atoms. The van der Waals surface area contributed by atoms with Crippen LogP contribution in [0.1, 0.15) is 44.8 Å². The van der Waals surface area contributed by atoms with Crippen molar-refractivity contribution < 1.29 is 9.53 Å². The first-order chi connectivity index (χ1) is 9.20. The molecule has 0 aliphatic heterocycles. The number of hydrogen-bond acceptors (Lipinski definition) is 2. The number of carbonyl (C=O) groups is 1. The molecule has 0 spiro atoms. The Balaban J connectivity index is 2.08. The van der Waals surface area contributed by atoms with Crippen molar-refractivity contribution >= 4 is 16.7 Å². The van der Waals surface area contributed by atoms with Crippen LogP contribution in [0.3, 0.4) is 0 Å². The van der Waals surface area contributed by atoms with E-state index in [1.807, 2.05) is 25.1 Å². The zero-order valence-electron chi connectivity index (χ0n) is 11.6. The summed E-state index contributed by atoms with van der Waals surface area (Å²) in [6.07, 6.45) is 2.23. The maximum atomic E-state index is 11.6. The first kappa shape index (κ1) is 13.6. The second-order valence-corrected chi connectivity index (χ2v) is 4.84. The average molecular weight is 256 g/mol. The number of esters is 1. The van der Waals surface area contributed by atoms with Crippen molar-refractivity contribution in [2.75, 3.05) is 0 Å². The van der Waals surface area contributed by atoms with E-state index in [-0.39, 0.29) is 12.1 Å². The fraction of sp³-hybridized carbons (Fsp3) is 0.353. The largest absolute Gasteiger partial charge is 0.458 e. The van der Waals surface area contributed by atoms with Gasteiger partial charge < -0.3 is 4.74 Å². The molecule has 0 aliphatic carbocycles. The van der Waals surface area contributed by atoms with Crippen molar-refractivity contribution in [3.63, 3.8) is 0 Å². The minimum Gasteiger partial charge on any atom is -0.458 e. The Kier molecular flexibility index (Phi) is 4.56. The van der Waals surface area contributed by atoms with E-state index in [4.69, 9.17) is 4.74 Å². The molecule has 0 saturated heterocycles. The summed E-state index contributed by atoms with van der Waals surface area (Å²) in [5, 5.41) is 2.38. The molecule has 100 valence electrons. The van der Waals surface area contributed by atoms with Gasteiger partial charge in [0.2, 0.25) is 0 Å². The lowest BCUT2D eigenvalue weighted by atomic mass is 10.0. The Bertz CT molecular complexity index is 560. The van der Waals surface area contributed by atoms with E-state index in [2.05, 4.69) is 31.2 Å². The molecule has 1 atom stereocenters. The lowest BCUT2D eigenvalue weighted by molar-refractivity contribution is -0.148. The second-order valence-electron chi connectivity index (χ2n) is 4.84. The van der Waals surface area contributed by atoms with Crippen molar-refractivity contribution in [3.8, 4) is 0 Å². The van der Waals surface area contributed by atoms with Crippen LogP contribution < -0.4 is 0 Å². The van der Waals surface area contributed by atoms with Crippen molar-refractivity contribution in [1.29, 1.82) is 0 Å². The van der Waals surface area contributed by atoms with Crippen LogP contribution in [0, 0.1) is 0 Å². The number of ether oxygens (including phenoxy) is 1. The van der Waals surface area contributed by atoms with Gasteiger partial charge in [0.15, 0.2) is 0 Å². The number of hydrogen-bond donors (Lipinski definition) is 0. The lowest BCUT2D eigenvalue weighted by Crippen LogP contribution is -2.08. The Morgan fingerprint density at radius 1 is 1.16 bits per heavy atom. The van der Waals surface area contributed by atoms with E-state index in [9.17, 15) is 4.79 Å². The number of unbranched alkanes of at least 4 members (excludes halogenated alkanes) is 1. The normalized spacial score (nSPS) is 12.3. The highest BCUT2D eigenvalue weighted by atomic mass is 16.5. The molecule has 0 amide bonds. The zero-order chi connectivity index (χ0) is 13.7. The van der Waals surface area contributed by atoms with Gasteiger partial charge in [0.1, 0.15) is 6.10 Å². The first-order valence-electron chi connectivity index (χ1n) is 6.89. The standard InChI is InChI=1S/C17H20O2/c1-3-4-9-17(18)19-13(2)15-11-10-14-7-5-6-8-16(14)12-15/h5-8,10-13H,3-4,9H2,1-2H3/t13-/m0/s1. The summed E-state index contributed by atoms with van der Waals surface area (Å²) in [4.78, 5) is 11.6. The van der Waals surface area contributed by atoms with Gasteiger partial charge in [-0.1, -0.05) is 49.7 Å². The molecule has 0 aliphatic rings. The fourth-order valence-electron chi connectivity index (χ4n) is 2.11. The molecule has 0 heterocycles. The highest BCUT2D eigenvalue weighted by Crippen LogP contribution is 2.23. The summed E-state index contributed by atoms with van der Waals surface area (Å²) in [5.74, 6) is -0.109. The van der Waals surface area contributed by atoms with Gasteiger partial charge in [-0.05, 0) is 35.7 Å². The van der Waals surface area contributed by atoms with Crippen molar-refractivity contribution in [2.45, 2.75) is 39.2 Å². The van der Waals surface area contributed by atoms with Crippen molar-refractivity contribution in [3.05, 3.63) is 48.0 Å². The SMILES string of the molecule is CCCCC(=O)O[C@@H](C)c1ccc2ccccc2c1. The molecule has 2 aromatic rings. The van der Waals surface area contributed by atoms with Crippen LogP contribution in [-0.4, -0.2) is 5.97 Å². The van der Waals surface area contributed by atoms with Gasteiger partial charge >= 0.3 is 5.97 Å². The molecule has 0 unspecified atom stereocenters. The highest BCUT2D eigenvalue weighted by Gasteiger charge is 2.11. The third-order valence-electron chi connectivity index (χ3n) is 3.29. The van der Waals surface area contributed by atoms with E-state index in [1.165, 1.54) is 10.8 Å². The molecular weight excluding hydrogens is 236 g/mol. The van der Waals surface area contributed by atoms with Gasteiger partial charge in [-0.3, -0.25) is 4.79 Å². The monoisotopic (exact) mass is 256 g/mol. The predicted octanol–water partition coefficient (Wildman–Crippen LogP) is 4.63. The van der Waals surface area contributed by atoms with Gasteiger partial charge in [0.05, 0.1) is 0 Å². The number of fused-ring (bicyclic) bond motifs is 1. The van der Waals surface area contributed by atoms with E-state index in [1.54, 1.807) is 0 Å². The van der Waals surface area contributed by atoms with Gasteiger partial charge in [-0.2, -0.15) is 0 Å². The van der Waals surface area contributed by atoms with E-state index >= 15 is 0 Å². The minimum absolute atomic E-state index is 0.109. The quantitative estimate of drug-likeness (QED) is 0.729. The Labute approximate surface area is 114 Å². The van der Waals surface area contributed by atoms with E-state index < -0.39 is 0 Å². The molecule has 2 nitrogen and oxygen atoms in total. The maximum absolute atomic E-state index is 11.6. The van der Waals surface area contributed by atoms with Crippen LogP contribution in [0.5, 0.6) is 0 Å². The fourth-order valence-corrected chi connectivity index (χ4v) is 2.11. The molecule has 0 saturated carbocycles. The molecule has 0 fully saturated rings. The number of carbonyl (C=O) groups excluding carboxylic acids is 1. The van der Waals surface area contributed by atoms with E-state index in [0.717, 1.165) is 18.4 Å². The van der Waals surface area contributed by atoms with Gasteiger partial charge in [-0.15, -0.1) is 0 Å². The Hall–Kier alpha value is -1.83. The highest BCUT2D eigenvalue weighted by molar-refractivity contribution is 5.83. The molecule has 0 N–H and O–H groups in total. The number of benzene rings is 2. The van der Waals surface area contributed by atoms with E-state index in [0.29, 0.717) is 6.42 Å². The minimum atomic E-state index is -0.186. The average Bonchev–Trinajstić information content (AvgIpc) is 2.44. The lowest BCUT2D eigenvalue weighted by Gasteiger charge is -2.14. The van der Waals surface area contributed by atoms with Crippen LogP contribution in [0.25, 0.3) is 10.8 Å². The smallest absolute Gasteiger partial charge is 0.306 e. The molecule has 2 heteroatoms. The molecule has 2 rings (SSSR count). The van der Waals surface area contributed by atoms with Crippen LogP contribution >= 0.6 is 0 Å². The molecule has 0 radical (unpaired) electrons.